The van der Waals surface area contributed by atoms with E-state index in [1.165, 1.54) is 0 Å². The summed E-state index contributed by atoms with van der Waals surface area (Å²) < 4.78 is 23.6. The van der Waals surface area contributed by atoms with Crippen LogP contribution in [0.3, 0.4) is 0 Å². The van der Waals surface area contributed by atoms with Gasteiger partial charge in [-0.1, -0.05) is 0 Å². The molecule has 0 spiro atoms. The lowest BCUT2D eigenvalue weighted by molar-refractivity contribution is 0.0203. The average molecular weight is 174 g/mol. The molecule has 0 amide bonds. The average Bonchev–Trinajstić information content (AvgIpc) is 2.13. The van der Waals surface area contributed by atoms with Gasteiger partial charge < -0.3 is 10.4 Å². The van der Waals surface area contributed by atoms with Gasteiger partial charge in [0.15, 0.2) is 0 Å². The lowest BCUT2D eigenvalue weighted by atomic mass is 10.1. The number of hydrogen-bond donors (Lipinski definition) is 2. The van der Waals surface area contributed by atoms with Crippen molar-refractivity contribution in [2.24, 2.45) is 5.92 Å². The number of rotatable bonds is 1. The summed E-state index contributed by atoms with van der Waals surface area (Å²) in [5.41, 5.74) is 0. The van der Waals surface area contributed by atoms with Crippen molar-refractivity contribution in [3.63, 3.8) is 0 Å². The Hall–Kier alpha value is 0.0700. The predicted molar refractivity (Wildman–Crippen MR) is 35.6 cm³/mol. The van der Waals surface area contributed by atoms with E-state index in [-0.39, 0.29) is 19.0 Å². The number of nitrogens with one attached hydrogen (secondary N) is 1. The minimum atomic E-state index is -2.39. The fraction of sp³-hybridized carbons (Fsp3) is 1.00. The molecule has 2 N–H and O–H groups in total. The highest BCUT2D eigenvalue weighted by Crippen LogP contribution is 2.16. The normalized spacial score (nSPS) is 32.4. The van der Waals surface area contributed by atoms with E-state index in [4.69, 9.17) is 5.11 Å². The Balaban J connectivity index is 0.000000810. The summed E-state index contributed by atoms with van der Waals surface area (Å²) in [5, 5.41) is 11.5. The van der Waals surface area contributed by atoms with E-state index in [2.05, 4.69) is 5.32 Å². The van der Waals surface area contributed by atoms with E-state index in [1.807, 2.05) is 0 Å². The van der Waals surface area contributed by atoms with Crippen LogP contribution in [0.2, 0.25) is 0 Å². The molecule has 1 aliphatic heterocycles. The molecule has 0 unspecified atom stereocenters. The van der Waals surface area contributed by atoms with Gasteiger partial charge in [0.05, 0.1) is 12.0 Å². The van der Waals surface area contributed by atoms with Gasteiger partial charge in [-0.2, -0.15) is 0 Å². The first-order valence-electron chi connectivity index (χ1n) is 2.88. The third-order valence-electron chi connectivity index (χ3n) is 1.55. The number of aliphatic hydroxyl groups is 1. The molecule has 1 heterocycles. The Morgan fingerprint density at radius 2 is 2.00 bits per heavy atom. The van der Waals surface area contributed by atoms with Crippen LogP contribution < -0.4 is 5.32 Å². The van der Waals surface area contributed by atoms with Crippen molar-refractivity contribution < 1.29 is 13.9 Å². The summed E-state index contributed by atoms with van der Waals surface area (Å²) in [6.07, 6.45) is -3.25. The van der Waals surface area contributed by atoms with Crippen LogP contribution in [0.25, 0.3) is 0 Å². The molecule has 0 aliphatic carbocycles. The minimum absolute atomic E-state index is 0. The molecule has 0 aromatic heterocycles. The molecule has 10 heavy (non-hydrogen) atoms. The highest BCUT2D eigenvalue weighted by Gasteiger charge is 2.32. The number of alkyl halides is 2. The summed E-state index contributed by atoms with van der Waals surface area (Å²) in [6.45, 7) is 0.536. The van der Waals surface area contributed by atoms with Gasteiger partial charge in [0.25, 0.3) is 0 Å². The Labute approximate surface area is 64.0 Å². The molecule has 1 fully saturated rings. The van der Waals surface area contributed by atoms with E-state index in [9.17, 15) is 8.78 Å². The molecule has 0 radical (unpaired) electrons. The topological polar surface area (TPSA) is 32.3 Å². The van der Waals surface area contributed by atoms with Crippen LogP contribution in [0.4, 0.5) is 8.78 Å². The smallest absolute Gasteiger partial charge is 0.245 e. The molecule has 2 atom stereocenters. The molecule has 0 aromatic carbocycles. The van der Waals surface area contributed by atoms with Crippen LogP contribution in [0.15, 0.2) is 0 Å². The van der Waals surface area contributed by atoms with Crippen LogP contribution in [-0.4, -0.2) is 30.7 Å². The second-order valence-electron chi connectivity index (χ2n) is 2.22. The van der Waals surface area contributed by atoms with Crippen LogP contribution >= 0.6 is 12.4 Å². The van der Waals surface area contributed by atoms with Crippen LogP contribution in [0.1, 0.15) is 0 Å². The quantitative estimate of drug-likeness (QED) is 0.596. The number of hydrogen-bond acceptors (Lipinski definition) is 2. The summed E-state index contributed by atoms with van der Waals surface area (Å²) in [6, 6.07) is 0. The van der Waals surface area contributed by atoms with Crippen molar-refractivity contribution in [1.29, 1.82) is 0 Å². The van der Waals surface area contributed by atoms with Gasteiger partial charge in [0, 0.05) is 13.1 Å². The van der Waals surface area contributed by atoms with Crippen molar-refractivity contribution >= 4 is 12.4 Å². The maximum absolute atomic E-state index is 11.8. The lowest BCUT2D eigenvalue weighted by Gasteiger charge is -2.10. The second-order valence-corrected chi connectivity index (χ2v) is 2.22. The molecular formula is C5H10ClF2NO. The highest BCUT2D eigenvalue weighted by molar-refractivity contribution is 5.85. The Morgan fingerprint density at radius 1 is 1.40 bits per heavy atom. The zero-order valence-electron chi connectivity index (χ0n) is 5.26. The van der Waals surface area contributed by atoms with Crippen LogP contribution in [0.5, 0.6) is 0 Å². The van der Waals surface area contributed by atoms with E-state index >= 15 is 0 Å². The summed E-state index contributed by atoms with van der Waals surface area (Å²) in [5.74, 6) is -0.856. The fourth-order valence-electron chi connectivity index (χ4n) is 0.942. The SMILES string of the molecule is Cl.O[C@@H]1CNC[C@H]1C(F)F. The number of aliphatic hydroxyl groups excluding tert-OH is 1. The van der Waals surface area contributed by atoms with E-state index in [0.29, 0.717) is 6.54 Å². The Kier molecular flexibility index (Phi) is 4.08. The Bertz CT molecular complexity index is 104. The first-order chi connectivity index (χ1) is 4.22. The van der Waals surface area contributed by atoms with Crippen molar-refractivity contribution in [3.8, 4) is 0 Å². The largest absolute Gasteiger partial charge is 0.391 e. The van der Waals surface area contributed by atoms with Crippen molar-refractivity contribution in [2.45, 2.75) is 12.5 Å². The van der Waals surface area contributed by atoms with Crippen molar-refractivity contribution in [3.05, 3.63) is 0 Å². The molecule has 1 rings (SSSR count). The van der Waals surface area contributed by atoms with Crippen LogP contribution in [-0.2, 0) is 0 Å². The zero-order valence-corrected chi connectivity index (χ0v) is 6.07. The molecular weight excluding hydrogens is 164 g/mol. The van der Waals surface area contributed by atoms with Gasteiger partial charge in [0.2, 0.25) is 6.43 Å². The van der Waals surface area contributed by atoms with E-state index < -0.39 is 18.4 Å². The zero-order chi connectivity index (χ0) is 6.85. The van der Waals surface area contributed by atoms with Gasteiger partial charge in [-0.25, -0.2) is 8.78 Å². The molecule has 62 valence electrons. The fourth-order valence-corrected chi connectivity index (χ4v) is 0.942. The molecule has 0 aromatic rings. The summed E-state index contributed by atoms with van der Waals surface area (Å²) in [7, 11) is 0. The molecule has 2 nitrogen and oxygen atoms in total. The third-order valence-corrected chi connectivity index (χ3v) is 1.55. The van der Waals surface area contributed by atoms with E-state index in [0.717, 1.165) is 0 Å². The van der Waals surface area contributed by atoms with Crippen molar-refractivity contribution in [1.82, 2.24) is 5.32 Å². The van der Waals surface area contributed by atoms with Gasteiger partial charge in [-0.3, -0.25) is 0 Å². The second kappa shape index (κ2) is 4.05. The minimum Gasteiger partial charge on any atom is -0.391 e. The standard InChI is InChI=1S/C5H9F2NO.ClH/c6-5(7)3-1-8-2-4(3)9;/h3-5,8-9H,1-2H2;1H/t3-,4-;/m1./s1. The molecule has 0 bridgehead atoms. The van der Waals surface area contributed by atoms with Crippen LogP contribution in [0, 0.1) is 5.92 Å². The molecule has 5 heteroatoms. The maximum Gasteiger partial charge on any atom is 0.245 e. The van der Waals surface area contributed by atoms with E-state index in [1.54, 1.807) is 0 Å². The number of β-amino-alcohol motifs (C(OH)–C–C–N with tert-alkyl or cyclic N) is 1. The number of halogens is 3. The van der Waals surface area contributed by atoms with Gasteiger partial charge in [0.1, 0.15) is 0 Å². The lowest BCUT2D eigenvalue weighted by Crippen LogP contribution is -2.24. The van der Waals surface area contributed by atoms with Gasteiger partial charge in [-0.15, -0.1) is 12.4 Å². The van der Waals surface area contributed by atoms with Gasteiger partial charge in [-0.05, 0) is 0 Å². The predicted octanol–water partition coefficient (Wildman–Crippen LogP) is 0.254. The highest BCUT2D eigenvalue weighted by atomic mass is 35.5. The molecule has 1 aliphatic rings. The third kappa shape index (κ3) is 2.04. The summed E-state index contributed by atoms with van der Waals surface area (Å²) in [4.78, 5) is 0. The molecule has 1 saturated heterocycles. The van der Waals surface area contributed by atoms with Gasteiger partial charge >= 0.3 is 0 Å². The first kappa shape index (κ1) is 10.1. The molecule has 0 saturated carbocycles. The Morgan fingerprint density at radius 3 is 2.20 bits per heavy atom. The van der Waals surface area contributed by atoms with Crippen molar-refractivity contribution in [2.75, 3.05) is 13.1 Å². The monoisotopic (exact) mass is 173 g/mol. The summed E-state index contributed by atoms with van der Waals surface area (Å²) >= 11 is 0. The maximum atomic E-state index is 11.8. The first-order valence-corrected chi connectivity index (χ1v) is 2.88.